The lowest BCUT2D eigenvalue weighted by Crippen LogP contribution is -2.62. The van der Waals surface area contributed by atoms with Crippen molar-refractivity contribution >= 4 is 53.3 Å². The molecule has 418 valence electrons. The summed E-state index contributed by atoms with van der Waals surface area (Å²) in [4.78, 5) is 112. The van der Waals surface area contributed by atoms with Crippen molar-refractivity contribution in [2.45, 2.75) is 125 Å². The van der Waals surface area contributed by atoms with Gasteiger partial charge in [-0.1, -0.05) is 25.7 Å². The first-order chi connectivity index (χ1) is 35.2. The van der Waals surface area contributed by atoms with Crippen LogP contribution in [0.1, 0.15) is 77.0 Å². The van der Waals surface area contributed by atoms with Crippen molar-refractivity contribution in [3.05, 3.63) is 48.7 Å². The normalized spacial score (nSPS) is 16.4. The molecule has 0 bridgehead atoms. The molecule has 8 atom stereocenters. The Labute approximate surface area is 431 Å². The molecule has 7 amide bonds. The van der Waals surface area contributed by atoms with Crippen LogP contribution in [0.2, 0.25) is 0 Å². The molecule has 1 saturated heterocycles. The van der Waals surface area contributed by atoms with Gasteiger partial charge < -0.3 is 109 Å². The van der Waals surface area contributed by atoms with Crippen LogP contribution in [0.25, 0.3) is 0 Å². The fourth-order valence-electron chi connectivity index (χ4n) is 7.48. The number of rotatable bonds is 38. The predicted molar refractivity (Wildman–Crippen MR) is 277 cm³/mol. The van der Waals surface area contributed by atoms with E-state index in [2.05, 4.69) is 60.7 Å². The van der Waals surface area contributed by atoms with Gasteiger partial charge in [-0.25, -0.2) is 4.79 Å². The van der Waals surface area contributed by atoms with Crippen LogP contribution in [0.3, 0.4) is 0 Å². The molecule has 74 heavy (non-hydrogen) atoms. The smallest absolute Gasteiger partial charge is 0.352 e. The number of carboxylic acids is 1. The Kier molecular flexibility index (Phi) is 31.8. The number of aliphatic hydroxyl groups excluding tert-OH is 1. The number of amides is 7. The fourth-order valence-corrected chi connectivity index (χ4v) is 7.48. The highest BCUT2D eigenvalue weighted by molar-refractivity contribution is 5.97. The third-order valence-corrected chi connectivity index (χ3v) is 11.5. The molecular weight excluding hydrogens is 967 g/mol. The van der Waals surface area contributed by atoms with Crippen LogP contribution in [0.4, 0.5) is 0 Å². The molecule has 1 heterocycles. The first-order valence-corrected chi connectivity index (χ1v) is 24.5. The molecule has 29 nitrogen and oxygen atoms in total. The zero-order chi connectivity index (χ0) is 55.8. The lowest BCUT2D eigenvalue weighted by molar-refractivity contribution is -0.137. The molecule has 0 radical (unpaired) electrons. The molecule has 0 aromatic rings. The molecule has 1 fully saturated rings. The van der Waals surface area contributed by atoms with Crippen LogP contribution >= 0.6 is 0 Å². The molecule has 0 aliphatic carbocycles. The molecule has 28 N–H and O–H groups in total. The number of aliphatic imine (C=N–C) groups is 1. The van der Waals surface area contributed by atoms with Gasteiger partial charge in [0.2, 0.25) is 41.4 Å². The van der Waals surface area contributed by atoms with E-state index < -0.39 is 121 Å². The molecule has 1 rings (SSSR count). The summed E-state index contributed by atoms with van der Waals surface area (Å²) in [6.45, 7) is 7.39. The lowest BCUT2D eigenvalue weighted by Gasteiger charge is -2.33. The fraction of sp³-hybridized carbons (Fsp3) is 0.622. The van der Waals surface area contributed by atoms with Gasteiger partial charge in [0.15, 0.2) is 5.96 Å². The van der Waals surface area contributed by atoms with Gasteiger partial charge in [0.05, 0.1) is 24.7 Å². The number of aliphatic hydroxyl groups is 1. The molecule has 0 aromatic heterocycles. The average Bonchev–Trinajstić information content (AvgIpc) is 3.87. The Bertz CT molecular complexity index is 1970. The molecule has 1 aliphatic heterocycles. The van der Waals surface area contributed by atoms with Crippen molar-refractivity contribution in [2.24, 2.45) is 56.6 Å². The van der Waals surface area contributed by atoms with Crippen LogP contribution in [-0.2, 0) is 38.4 Å². The summed E-state index contributed by atoms with van der Waals surface area (Å²) in [7, 11) is 0. The molecule has 0 spiro atoms. The highest BCUT2D eigenvalue weighted by Gasteiger charge is 2.38. The number of nitrogens with two attached hydrogens (primary N) is 9. The van der Waals surface area contributed by atoms with E-state index in [1.807, 2.05) is 0 Å². The van der Waals surface area contributed by atoms with Gasteiger partial charge in [-0.05, 0) is 90.0 Å². The second-order valence-corrected chi connectivity index (χ2v) is 17.3. The summed E-state index contributed by atoms with van der Waals surface area (Å²) in [5, 5.41) is 41.0. The second kappa shape index (κ2) is 36.1. The number of nitrogens with one attached hydrogen (secondary N) is 8. The van der Waals surface area contributed by atoms with Crippen molar-refractivity contribution in [1.82, 2.24) is 47.4 Å². The topological polar surface area (TPSA) is 523 Å². The minimum Gasteiger partial charge on any atom is -0.477 e. The predicted octanol–water partition coefficient (Wildman–Crippen LogP) is -7.22. The first kappa shape index (κ1) is 65.1. The number of guanidine groups is 1. The number of carbonyl (C=O) groups is 8. The maximum Gasteiger partial charge on any atom is 0.352 e. The van der Waals surface area contributed by atoms with Crippen LogP contribution in [0.5, 0.6) is 0 Å². The Morgan fingerprint density at radius 2 is 1.38 bits per heavy atom. The third kappa shape index (κ3) is 23.8. The van der Waals surface area contributed by atoms with E-state index in [-0.39, 0.29) is 69.9 Å². The van der Waals surface area contributed by atoms with Crippen molar-refractivity contribution in [3.8, 4) is 0 Å². The van der Waals surface area contributed by atoms with Crippen molar-refractivity contribution < 1.29 is 48.6 Å². The zero-order valence-corrected chi connectivity index (χ0v) is 42.2. The number of nitrogens with zero attached hydrogens (tertiary/aromatic N) is 2. The largest absolute Gasteiger partial charge is 0.477 e. The maximum atomic E-state index is 14.3. The highest BCUT2D eigenvalue weighted by atomic mass is 16.4. The number of carbonyl (C=O) groups excluding carboxylic acids is 7. The molecule has 1 aliphatic rings. The monoisotopic (exact) mass is 1050 g/mol. The van der Waals surface area contributed by atoms with Crippen molar-refractivity contribution in [2.75, 3.05) is 52.4 Å². The van der Waals surface area contributed by atoms with Crippen LogP contribution in [0.15, 0.2) is 53.7 Å². The van der Waals surface area contributed by atoms with Gasteiger partial charge in [-0.2, -0.15) is 0 Å². The summed E-state index contributed by atoms with van der Waals surface area (Å²) < 4.78 is 0. The molecule has 29 heteroatoms. The molecule has 0 saturated carbocycles. The van der Waals surface area contributed by atoms with Gasteiger partial charge in [0.1, 0.15) is 35.9 Å². The lowest BCUT2D eigenvalue weighted by atomic mass is 10.0. The van der Waals surface area contributed by atoms with Gasteiger partial charge in [0, 0.05) is 50.2 Å². The maximum absolute atomic E-state index is 14.3. The Morgan fingerprint density at radius 3 is 1.96 bits per heavy atom. The summed E-state index contributed by atoms with van der Waals surface area (Å²) >= 11 is 0. The summed E-state index contributed by atoms with van der Waals surface area (Å²) in [6.07, 6.45) is 5.85. The number of carboxylic acid groups (broad SMARTS) is 1. The van der Waals surface area contributed by atoms with Crippen LogP contribution in [0, 0.1) is 0 Å². The average molecular weight is 1050 g/mol. The SMILES string of the molecule is C=CN/C(=C\N)C[C@H](NC(=C)[C@@H]1CCCN1C(=O)[C@@H](CCCN)NC(=O)CNC(=O)[C@H](CN)NC(=O)[C@H](NC(=O)C(N)CCCCN)[C@@H](O)CN)C(=O)N[C@@H](CCCCN)C(=O)N/C(=C\CCN=C(N)N)C(=O)O. The highest BCUT2D eigenvalue weighted by Crippen LogP contribution is 2.24. The minimum absolute atomic E-state index is 0.0510. The summed E-state index contributed by atoms with van der Waals surface area (Å²) in [5.74, 6) is -7.12. The van der Waals surface area contributed by atoms with Gasteiger partial charge >= 0.3 is 5.97 Å². The minimum atomic E-state index is -1.60. The van der Waals surface area contributed by atoms with E-state index in [1.165, 1.54) is 23.4 Å². The molecule has 1 unspecified atom stereocenters. The number of aliphatic carboxylic acids is 1. The zero-order valence-electron chi connectivity index (χ0n) is 42.2. The third-order valence-electron chi connectivity index (χ3n) is 11.5. The van der Waals surface area contributed by atoms with Crippen LogP contribution < -0.4 is 94.1 Å². The van der Waals surface area contributed by atoms with Gasteiger partial charge in [0.25, 0.3) is 0 Å². The number of hydrogen-bond donors (Lipinski definition) is 19. The number of likely N-dealkylation sites (tertiary alicyclic amines) is 1. The van der Waals surface area contributed by atoms with Crippen molar-refractivity contribution in [3.63, 3.8) is 0 Å². The Hall–Kier alpha value is -6.89. The van der Waals surface area contributed by atoms with E-state index in [9.17, 15) is 48.6 Å². The molecule has 0 aromatic carbocycles. The first-order valence-electron chi connectivity index (χ1n) is 24.5. The van der Waals surface area contributed by atoms with E-state index in [0.717, 1.165) is 0 Å². The second-order valence-electron chi connectivity index (χ2n) is 17.3. The van der Waals surface area contributed by atoms with E-state index in [4.69, 9.17) is 51.6 Å². The standard InChI is InChI=1S/C45H83N19O10/c1-3-55-27(22-49)21-32(41(70)60-29(12-5-7-17-47)40(69)61-31(44(73)74)14-9-19-56-45(53)54)58-26(2)34-15-10-20-64(34)43(72)30(13-8-18-48)59-36(66)25-57-39(68)33(23-50)62-42(71)37(35(65)24-51)63-38(67)28(52)11-4-6-16-46/h3,14,22,28-30,32-35,37,55,58,65H,1-2,4-13,15-21,23-25,46-52H2,(H,57,68)(H,59,66)(H,60,70)(H,61,69)(H,62,71)(H,63,67)(H,73,74)(H4,53,54,56)/b27-22-,31-14-/t28?,29-,30+,32-,33-,34-,35-,37+/m0/s1. The Morgan fingerprint density at radius 1 is 0.743 bits per heavy atom. The number of hydrogen-bond acceptors (Lipinski definition) is 19. The number of unbranched alkanes of at least 4 members (excludes halogenated alkanes) is 2. The van der Waals surface area contributed by atoms with Crippen molar-refractivity contribution in [1.29, 1.82) is 0 Å². The van der Waals surface area contributed by atoms with E-state index >= 15 is 0 Å². The van der Waals surface area contributed by atoms with E-state index in [1.54, 1.807) is 0 Å². The Balaban J connectivity index is 3.28. The van der Waals surface area contributed by atoms with E-state index in [0.29, 0.717) is 57.2 Å². The summed E-state index contributed by atoms with van der Waals surface area (Å²) in [6, 6.07) is -8.35. The van der Waals surface area contributed by atoms with Gasteiger partial charge in [-0.3, -0.25) is 38.6 Å². The quantitative estimate of drug-likeness (QED) is 0.0118. The summed E-state index contributed by atoms with van der Waals surface area (Å²) in [5.41, 5.74) is 51.0. The van der Waals surface area contributed by atoms with Crippen LogP contribution in [-0.4, -0.2) is 169 Å². The molecular formula is C45H83N19O10. The van der Waals surface area contributed by atoms with Gasteiger partial charge in [-0.15, -0.1) is 0 Å².